The minimum absolute atomic E-state index is 0.229. The summed E-state index contributed by atoms with van der Waals surface area (Å²) in [5.41, 5.74) is -0.277. The molecule has 2 rings (SSSR count). The van der Waals surface area contributed by atoms with Gasteiger partial charge in [-0.25, -0.2) is 0 Å². The molecule has 0 bridgehead atoms. The SMILES string of the molecule is CN=C(NCc1ccc(C)s1)NCC1(C(=O)N(C)C)CCCC1. The van der Waals surface area contributed by atoms with Crippen molar-refractivity contribution in [3.63, 3.8) is 0 Å². The van der Waals surface area contributed by atoms with Crippen LogP contribution in [0.3, 0.4) is 0 Å². The largest absolute Gasteiger partial charge is 0.355 e. The van der Waals surface area contributed by atoms with Gasteiger partial charge in [-0.3, -0.25) is 9.79 Å². The van der Waals surface area contributed by atoms with Crippen molar-refractivity contribution < 1.29 is 4.79 Å². The second-order valence-corrected chi connectivity index (χ2v) is 7.85. The summed E-state index contributed by atoms with van der Waals surface area (Å²) in [5.74, 6) is 0.987. The molecule has 0 saturated heterocycles. The second-order valence-electron chi connectivity index (χ2n) is 6.48. The van der Waals surface area contributed by atoms with Crippen LogP contribution in [-0.4, -0.2) is 44.5 Å². The maximum atomic E-state index is 12.6. The van der Waals surface area contributed by atoms with Crippen molar-refractivity contribution >= 4 is 23.2 Å². The number of nitrogens with one attached hydrogen (secondary N) is 2. The number of carbonyl (C=O) groups excluding carboxylic acids is 1. The van der Waals surface area contributed by atoms with Gasteiger partial charge in [-0.2, -0.15) is 0 Å². The number of aliphatic imine (C=N–C) groups is 1. The van der Waals surface area contributed by atoms with Gasteiger partial charge in [-0.05, 0) is 31.9 Å². The molecule has 1 aromatic heterocycles. The standard InChI is InChI=1S/C17H28N4OS/c1-13-7-8-14(23-13)11-19-16(18-2)20-12-17(9-5-6-10-17)15(22)21(3)4/h7-8H,5-6,9-12H2,1-4H3,(H2,18,19,20). The van der Waals surface area contributed by atoms with E-state index in [2.05, 4.69) is 34.7 Å². The lowest BCUT2D eigenvalue weighted by Gasteiger charge is -2.31. The monoisotopic (exact) mass is 336 g/mol. The van der Waals surface area contributed by atoms with Gasteiger partial charge in [0.1, 0.15) is 0 Å². The zero-order valence-corrected chi connectivity index (χ0v) is 15.4. The van der Waals surface area contributed by atoms with Crippen molar-refractivity contribution in [3.8, 4) is 0 Å². The molecule has 1 saturated carbocycles. The summed E-state index contributed by atoms with van der Waals surface area (Å²) < 4.78 is 0. The number of guanidine groups is 1. The molecule has 128 valence electrons. The van der Waals surface area contributed by atoms with E-state index in [0.29, 0.717) is 6.54 Å². The second kappa shape index (κ2) is 7.81. The summed E-state index contributed by atoms with van der Waals surface area (Å²) in [5, 5.41) is 6.69. The Morgan fingerprint density at radius 2 is 2.00 bits per heavy atom. The fourth-order valence-corrected chi connectivity index (χ4v) is 4.05. The van der Waals surface area contributed by atoms with Gasteiger partial charge in [0, 0.05) is 37.4 Å². The molecule has 1 heterocycles. The lowest BCUT2D eigenvalue weighted by atomic mass is 9.84. The average molecular weight is 337 g/mol. The fourth-order valence-electron chi connectivity index (χ4n) is 3.22. The third-order valence-electron chi connectivity index (χ3n) is 4.46. The van der Waals surface area contributed by atoms with Crippen LogP contribution in [0.25, 0.3) is 0 Å². The van der Waals surface area contributed by atoms with E-state index < -0.39 is 0 Å². The lowest BCUT2D eigenvalue weighted by molar-refractivity contribution is -0.138. The van der Waals surface area contributed by atoms with E-state index >= 15 is 0 Å². The minimum Gasteiger partial charge on any atom is -0.355 e. The zero-order valence-electron chi connectivity index (χ0n) is 14.6. The minimum atomic E-state index is -0.277. The van der Waals surface area contributed by atoms with Gasteiger partial charge in [0.2, 0.25) is 5.91 Å². The van der Waals surface area contributed by atoms with Crippen LogP contribution in [0.1, 0.15) is 35.4 Å². The molecule has 1 aliphatic rings. The van der Waals surface area contributed by atoms with Gasteiger partial charge in [-0.1, -0.05) is 12.8 Å². The molecule has 1 amide bonds. The van der Waals surface area contributed by atoms with E-state index in [1.807, 2.05) is 14.1 Å². The van der Waals surface area contributed by atoms with E-state index in [0.717, 1.165) is 38.2 Å². The van der Waals surface area contributed by atoms with E-state index in [9.17, 15) is 4.79 Å². The molecular formula is C17H28N4OS. The molecule has 1 fully saturated rings. The molecule has 5 nitrogen and oxygen atoms in total. The highest BCUT2D eigenvalue weighted by Gasteiger charge is 2.42. The summed E-state index contributed by atoms with van der Waals surface area (Å²) in [4.78, 5) is 21.2. The fraction of sp³-hybridized carbons (Fsp3) is 0.647. The summed E-state index contributed by atoms with van der Waals surface area (Å²) >= 11 is 1.79. The number of thiophene rings is 1. The van der Waals surface area contributed by atoms with Crippen LogP contribution >= 0.6 is 11.3 Å². The normalized spacial score (nSPS) is 17.1. The molecule has 0 aliphatic heterocycles. The van der Waals surface area contributed by atoms with Crippen molar-refractivity contribution in [3.05, 3.63) is 21.9 Å². The summed E-state index contributed by atoms with van der Waals surface area (Å²) in [6.07, 6.45) is 4.17. The number of carbonyl (C=O) groups is 1. The number of nitrogens with zero attached hydrogens (tertiary/aromatic N) is 2. The maximum absolute atomic E-state index is 12.6. The first-order chi connectivity index (χ1) is 11.0. The van der Waals surface area contributed by atoms with Crippen molar-refractivity contribution in [2.45, 2.75) is 39.2 Å². The molecule has 2 N–H and O–H groups in total. The molecular weight excluding hydrogens is 308 g/mol. The van der Waals surface area contributed by atoms with Gasteiger partial charge in [0.15, 0.2) is 5.96 Å². The van der Waals surface area contributed by atoms with Crippen LogP contribution < -0.4 is 10.6 Å². The Labute approximate surface area is 143 Å². The summed E-state index contributed by atoms with van der Waals surface area (Å²) in [7, 11) is 5.45. The number of aryl methyl sites for hydroxylation is 1. The Hall–Kier alpha value is -1.56. The number of hydrogen-bond acceptors (Lipinski definition) is 3. The van der Waals surface area contributed by atoms with Crippen LogP contribution in [-0.2, 0) is 11.3 Å². The molecule has 0 radical (unpaired) electrons. The molecule has 0 unspecified atom stereocenters. The van der Waals surface area contributed by atoms with Crippen molar-refractivity contribution in [1.82, 2.24) is 15.5 Å². The third-order valence-corrected chi connectivity index (χ3v) is 5.47. The van der Waals surface area contributed by atoms with Crippen molar-refractivity contribution in [2.75, 3.05) is 27.7 Å². The highest BCUT2D eigenvalue weighted by Crippen LogP contribution is 2.38. The van der Waals surface area contributed by atoms with Crippen LogP contribution in [0.15, 0.2) is 17.1 Å². The Morgan fingerprint density at radius 1 is 1.30 bits per heavy atom. The smallest absolute Gasteiger partial charge is 0.230 e. The zero-order chi connectivity index (χ0) is 16.9. The Morgan fingerprint density at radius 3 is 2.52 bits per heavy atom. The molecule has 1 aliphatic carbocycles. The number of amides is 1. The van der Waals surface area contributed by atoms with Gasteiger partial charge in [0.05, 0.1) is 12.0 Å². The summed E-state index contributed by atoms with van der Waals surface area (Å²) in [6, 6.07) is 4.26. The predicted octanol–water partition coefficient (Wildman–Crippen LogP) is 2.37. The van der Waals surface area contributed by atoms with E-state index in [4.69, 9.17) is 0 Å². The highest BCUT2D eigenvalue weighted by molar-refractivity contribution is 7.11. The first-order valence-electron chi connectivity index (χ1n) is 8.18. The van der Waals surface area contributed by atoms with Crippen LogP contribution in [0, 0.1) is 12.3 Å². The van der Waals surface area contributed by atoms with Crippen molar-refractivity contribution in [2.24, 2.45) is 10.4 Å². The first-order valence-corrected chi connectivity index (χ1v) is 9.00. The Bertz CT molecular complexity index is 559. The topological polar surface area (TPSA) is 56.7 Å². The van der Waals surface area contributed by atoms with Gasteiger partial charge < -0.3 is 15.5 Å². The lowest BCUT2D eigenvalue weighted by Crippen LogP contribution is -2.49. The molecule has 23 heavy (non-hydrogen) atoms. The van der Waals surface area contributed by atoms with Gasteiger partial charge in [0.25, 0.3) is 0 Å². The van der Waals surface area contributed by atoms with E-state index in [-0.39, 0.29) is 11.3 Å². The van der Waals surface area contributed by atoms with E-state index in [1.54, 1.807) is 23.3 Å². The maximum Gasteiger partial charge on any atom is 0.230 e. The van der Waals surface area contributed by atoms with Crippen molar-refractivity contribution in [1.29, 1.82) is 0 Å². The van der Waals surface area contributed by atoms with Crippen LogP contribution in [0.2, 0.25) is 0 Å². The molecule has 1 aromatic rings. The molecule has 0 atom stereocenters. The quantitative estimate of drug-likeness (QED) is 0.641. The number of hydrogen-bond donors (Lipinski definition) is 2. The Kier molecular flexibility index (Phi) is 6.04. The van der Waals surface area contributed by atoms with Crippen LogP contribution in [0.4, 0.5) is 0 Å². The Balaban J connectivity index is 1.92. The first kappa shape index (κ1) is 17.8. The third kappa shape index (κ3) is 4.47. The number of rotatable bonds is 5. The van der Waals surface area contributed by atoms with Crippen LogP contribution in [0.5, 0.6) is 0 Å². The van der Waals surface area contributed by atoms with E-state index in [1.165, 1.54) is 9.75 Å². The predicted molar refractivity (Wildman–Crippen MR) is 96.9 cm³/mol. The molecule has 0 aromatic carbocycles. The van der Waals surface area contributed by atoms with Gasteiger partial charge in [-0.15, -0.1) is 11.3 Å². The summed E-state index contributed by atoms with van der Waals surface area (Å²) in [6.45, 7) is 3.51. The molecule has 0 spiro atoms. The average Bonchev–Trinajstić information content (AvgIpc) is 3.16. The highest BCUT2D eigenvalue weighted by atomic mass is 32.1. The van der Waals surface area contributed by atoms with Gasteiger partial charge >= 0.3 is 0 Å². The molecule has 6 heteroatoms.